The Kier molecular flexibility index (Phi) is 4.18. The van der Waals surface area contributed by atoms with Crippen LogP contribution in [0.15, 0.2) is 77.7 Å². The maximum atomic E-state index is 11.5. The van der Waals surface area contributed by atoms with Crippen molar-refractivity contribution in [3.05, 3.63) is 72.8 Å². The van der Waals surface area contributed by atoms with Gasteiger partial charge < -0.3 is 4.74 Å². The summed E-state index contributed by atoms with van der Waals surface area (Å²) >= 11 is 0. The number of methoxy groups -OCH3 is 1. The third-order valence-corrected chi connectivity index (χ3v) is 5.26. The Morgan fingerprint density at radius 3 is 2.22 bits per heavy atom. The molecule has 4 rings (SSSR count). The first-order valence-corrected chi connectivity index (χ1v) is 9.77. The van der Waals surface area contributed by atoms with Gasteiger partial charge in [-0.15, -0.1) is 0 Å². The van der Waals surface area contributed by atoms with Crippen molar-refractivity contribution in [2.45, 2.75) is 4.90 Å². The van der Waals surface area contributed by atoms with Crippen LogP contribution < -0.4 is 9.88 Å². The summed E-state index contributed by atoms with van der Waals surface area (Å²) in [5, 5.41) is 5.19. The number of nitrogens with zero attached hydrogens (tertiary/aromatic N) is 2. The fourth-order valence-corrected chi connectivity index (χ4v) is 3.52. The highest BCUT2D eigenvalue weighted by atomic mass is 32.2. The van der Waals surface area contributed by atoms with Gasteiger partial charge >= 0.3 is 0 Å². The van der Waals surface area contributed by atoms with Gasteiger partial charge in [0.25, 0.3) is 0 Å². The molecule has 0 atom stereocenters. The average molecular weight is 379 g/mol. The lowest BCUT2D eigenvalue weighted by Crippen LogP contribution is -2.11. The molecule has 0 aliphatic rings. The van der Waals surface area contributed by atoms with Gasteiger partial charge in [-0.2, -0.15) is 0 Å². The number of sulfonamides is 1. The molecule has 0 spiro atoms. The number of para-hydroxylation sites is 2. The van der Waals surface area contributed by atoms with E-state index in [4.69, 9.17) is 14.9 Å². The standard InChI is InChI=1S/C20H17N3O3S/c1-26-16-10-8-15(9-11-16)23-19-5-3-2-4-18(19)22-20(23)14-6-12-17(13-7-14)27(21,24)25/h2-13H,1H3,(H2,21,24,25). The summed E-state index contributed by atoms with van der Waals surface area (Å²) in [6, 6.07) is 21.9. The van der Waals surface area contributed by atoms with Crippen molar-refractivity contribution in [3.63, 3.8) is 0 Å². The monoisotopic (exact) mass is 379 g/mol. The summed E-state index contributed by atoms with van der Waals surface area (Å²) in [6.45, 7) is 0. The van der Waals surface area contributed by atoms with Crippen molar-refractivity contribution in [2.24, 2.45) is 5.14 Å². The predicted molar refractivity (Wildman–Crippen MR) is 104 cm³/mol. The second kappa shape index (κ2) is 6.53. The number of nitrogens with two attached hydrogens (primary N) is 1. The molecule has 7 heteroatoms. The molecule has 3 aromatic carbocycles. The summed E-state index contributed by atoms with van der Waals surface area (Å²) in [7, 11) is -2.11. The first-order chi connectivity index (χ1) is 13.0. The van der Waals surface area contributed by atoms with Crippen LogP contribution in [0, 0.1) is 0 Å². The van der Waals surface area contributed by atoms with E-state index in [-0.39, 0.29) is 4.90 Å². The minimum Gasteiger partial charge on any atom is -0.497 e. The van der Waals surface area contributed by atoms with E-state index < -0.39 is 10.0 Å². The van der Waals surface area contributed by atoms with Crippen molar-refractivity contribution in [1.82, 2.24) is 9.55 Å². The fraction of sp³-hybridized carbons (Fsp3) is 0.0500. The first-order valence-electron chi connectivity index (χ1n) is 8.22. The molecule has 0 radical (unpaired) electrons. The van der Waals surface area contributed by atoms with Crippen molar-refractivity contribution in [1.29, 1.82) is 0 Å². The molecule has 0 saturated heterocycles. The van der Waals surface area contributed by atoms with Crippen LogP contribution in [-0.4, -0.2) is 25.1 Å². The molecule has 0 amide bonds. The van der Waals surface area contributed by atoms with Gasteiger partial charge in [0.2, 0.25) is 10.0 Å². The number of primary sulfonamides is 1. The number of fused-ring (bicyclic) bond motifs is 1. The van der Waals surface area contributed by atoms with Crippen LogP contribution in [0.2, 0.25) is 0 Å². The van der Waals surface area contributed by atoms with Crippen LogP contribution in [-0.2, 0) is 10.0 Å². The third kappa shape index (κ3) is 3.18. The molecule has 0 unspecified atom stereocenters. The highest BCUT2D eigenvalue weighted by Crippen LogP contribution is 2.29. The Morgan fingerprint density at radius 1 is 0.926 bits per heavy atom. The maximum Gasteiger partial charge on any atom is 0.238 e. The van der Waals surface area contributed by atoms with Crippen molar-refractivity contribution in [3.8, 4) is 22.8 Å². The Hall–Kier alpha value is -3.16. The number of rotatable bonds is 4. The quantitative estimate of drug-likeness (QED) is 0.589. The minimum absolute atomic E-state index is 0.0679. The van der Waals surface area contributed by atoms with Gasteiger partial charge in [-0.1, -0.05) is 12.1 Å². The summed E-state index contributed by atoms with van der Waals surface area (Å²) in [6.07, 6.45) is 0. The van der Waals surface area contributed by atoms with Gasteiger partial charge in [-0.25, -0.2) is 18.5 Å². The van der Waals surface area contributed by atoms with Crippen LogP contribution in [0.1, 0.15) is 0 Å². The van der Waals surface area contributed by atoms with Crippen LogP contribution >= 0.6 is 0 Å². The molecule has 6 nitrogen and oxygen atoms in total. The van der Waals surface area contributed by atoms with E-state index in [1.165, 1.54) is 12.1 Å². The third-order valence-electron chi connectivity index (χ3n) is 4.33. The van der Waals surface area contributed by atoms with Gasteiger partial charge in [0.05, 0.1) is 23.0 Å². The molecule has 0 aliphatic carbocycles. The van der Waals surface area contributed by atoms with E-state index in [1.807, 2.05) is 53.1 Å². The zero-order valence-electron chi connectivity index (χ0n) is 14.5. The lowest BCUT2D eigenvalue weighted by Gasteiger charge is -2.11. The Balaban J connectivity index is 1.92. The molecule has 0 fully saturated rings. The van der Waals surface area contributed by atoms with Crippen molar-refractivity contribution in [2.75, 3.05) is 7.11 Å². The minimum atomic E-state index is -3.74. The zero-order chi connectivity index (χ0) is 19.0. The van der Waals surface area contributed by atoms with Crippen LogP contribution in [0.5, 0.6) is 5.75 Å². The fourth-order valence-electron chi connectivity index (χ4n) is 3.01. The smallest absolute Gasteiger partial charge is 0.238 e. The van der Waals surface area contributed by atoms with E-state index in [2.05, 4.69) is 0 Å². The Morgan fingerprint density at radius 2 is 1.59 bits per heavy atom. The van der Waals surface area contributed by atoms with E-state index in [9.17, 15) is 8.42 Å². The molecule has 0 bridgehead atoms. The highest BCUT2D eigenvalue weighted by molar-refractivity contribution is 7.89. The Labute approximate surface area is 156 Å². The number of ether oxygens (including phenoxy) is 1. The lowest BCUT2D eigenvalue weighted by molar-refractivity contribution is 0.415. The second-order valence-corrected chi connectivity index (χ2v) is 7.59. The number of hydrogen-bond acceptors (Lipinski definition) is 4. The normalized spacial score (nSPS) is 11.6. The van der Waals surface area contributed by atoms with E-state index in [0.29, 0.717) is 5.82 Å². The highest BCUT2D eigenvalue weighted by Gasteiger charge is 2.15. The molecule has 0 saturated carbocycles. The number of imidazole rings is 1. The summed E-state index contributed by atoms with van der Waals surface area (Å²) in [4.78, 5) is 4.81. The van der Waals surface area contributed by atoms with E-state index in [0.717, 1.165) is 28.0 Å². The number of aromatic nitrogens is 2. The molecule has 2 N–H and O–H groups in total. The van der Waals surface area contributed by atoms with Crippen LogP contribution in [0.25, 0.3) is 28.1 Å². The van der Waals surface area contributed by atoms with Gasteiger partial charge in [0.15, 0.2) is 0 Å². The molecular formula is C20H17N3O3S. The maximum absolute atomic E-state index is 11.5. The SMILES string of the molecule is COc1ccc(-n2c(-c3ccc(S(N)(=O)=O)cc3)nc3ccccc32)cc1. The lowest BCUT2D eigenvalue weighted by atomic mass is 10.2. The number of hydrogen-bond donors (Lipinski definition) is 1. The zero-order valence-corrected chi connectivity index (χ0v) is 15.3. The molecule has 1 heterocycles. The molecule has 27 heavy (non-hydrogen) atoms. The topological polar surface area (TPSA) is 87.2 Å². The predicted octanol–water partition coefficient (Wildman–Crippen LogP) is 3.35. The largest absolute Gasteiger partial charge is 0.497 e. The summed E-state index contributed by atoms with van der Waals surface area (Å²) in [5.74, 6) is 1.48. The van der Waals surface area contributed by atoms with Gasteiger partial charge in [-0.3, -0.25) is 4.57 Å². The van der Waals surface area contributed by atoms with E-state index >= 15 is 0 Å². The van der Waals surface area contributed by atoms with Gasteiger partial charge in [0, 0.05) is 11.3 Å². The number of benzene rings is 3. The average Bonchev–Trinajstić information content (AvgIpc) is 3.07. The molecule has 1 aromatic heterocycles. The Bertz CT molecular complexity index is 1210. The second-order valence-electron chi connectivity index (χ2n) is 6.03. The van der Waals surface area contributed by atoms with Crippen LogP contribution in [0.4, 0.5) is 0 Å². The van der Waals surface area contributed by atoms with Crippen molar-refractivity contribution >= 4 is 21.1 Å². The molecule has 0 aliphatic heterocycles. The summed E-state index contributed by atoms with van der Waals surface area (Å²) in [5.41, 5.74) is 3.51. The van der Waals surface area contributed by atoms with Gasteiger partial charge in [-0.05, 0) is 60.7 Å². The molecule has 136 valence electrons. The first kappa shape index (κ1) is 17.3. The van der Waals surface area contributed by atoms with Crippen molar-refractivity contribution < 1.29 is 13.2 Å². The van der Waals surface area contributed by atoms with Crippen LogP contribution in [0.3, 0.4) is 0 Å². The summed E-state index contributed by atoms with van der Waals surface area (Å²) < 4.78 is 30.3. The molecule has 4 aromatic rings. The van der Waals surface area contributed by atoms with E-state index in [1.54, 1.807) is 19.2 Å². The molecular weight excluding hydrogens is 362 g/mol. The van der Waals surface area contributed by atoms with Gasteiger partial charge in [0.1, 0.15) is 11.6 Å².